The van der Waals surface area contributed by atoms with Gasteiger partial charge in [-0.3, -0.25) is 9.69 Å². The number of benzene rings is 2. The van der Waals surface area contributed by atoms with Crippen molar-refractivity contribution >= 4 is 17.7 Å². The topological polar surface area (TPSA) is 109 Å². The third kappa shape index (κ3) is 4.60. The monoisotopic (exact) mass is 519 g/mol. The Labute approximate surface area is 221 Å². The van der Waals surface area contributed by atoms with Crippen LogP contribution in [0.1, 0.15) is 24.0 Å². The summed E-state index contributed by atoms with van der Waals surface area (Å²) in [5, 5.41) is 17.5. The molecule has 6 rings (SSSR count). The molecule has 2 amide bonds. The highest BCUT2D eigenvalue weighted by Gasteiger charge is 2.51. The lowest BCUT2D eigenvalue weighted by Gasteiger charge is -2.42. The number of β-amino-alcohol motifs (C(OH)–C–C–N with tert-alkyl or cyclic N) is 1. The minimum atomic E-state index is -0.964. The Hall–Kier alpha value is -3.24. The summed E-state index contributed by atoms with van der Waals surface area (Å²) < 4.78 is 16.9. The summed E-state index contributed by atoms with van der Waals surface area (Å²) >= 11 is 0. The summed E-state index contributed by atoms with van der Waals surface area (Å²) in [4.78, 5) is 28.4. The van der Waals surface area contributed by atoms with Crippen LogP contribution in [0.5, 0.6) is 0 Å². The van der Waals surface area contributed by atoms with Gasteiger partial charge in [0.25, 0.3) is 0 Å². The van der Waals surface area contributed by atoms with Gasteiger partial charge in [-0.05, 0) is 30.9 Å². The summed E-state index contributed by atoms with van der Waals surface area (Å²) in [6.45, 7) is 1.58. The lowest BCUT2D eigenvalue weighted by Crippen LogP contribution is -2.58. The van der Waals surface area contributed by atoms with E-state index in [4.69, 9.17) is 14.2 Å². The molecule has 1 unspecified atom stereocenters. The summed E-state index contributed by atoms with van der Waals surface area (Å²) in [7, 11) is 0. The van der Waals surface area contributed by atoms with Crippen molar-refractivity contribution in [1.29, 1.82) is 0 Å². The van der Waals surface area contributed by atoms with Gasteiger partial charge in [-0.2, -0.15) is 0 Å². The molecule has 6 atom stereocenters. The molecule has 9 nitrogen and oxygen atoms in total. The molecule has 38 heavy (non-hydrogen) atoms. The second kappa shape index (κ2) is 10.5. The van der Waals surface area contributed by atoms with E-state index >= 15 is 0 Å². The second-order valence-corrected chi connectivity index (χ2v) is 10.4. The van der Waals surface area contributed by atoms with Crippen LogP contribution in [0.2, 0.25) is 0 Å². The Morgan fingerprint density at radius 3 is 2.84 bits per heavy atom. The third-order valence-corrected chi connectivity index (χ3v) is 8.16. The maximum Gasteiger partial charge on any atom is 0.407 e. The molecule has 0 saturated carbocycles. The highest BCUT2D eigenvalue weighted by atomic mass is 16.7. The van der Waals surface area contributed by atoms with E-state index in [1.807, 2.05) is 71.6 Å². The zero-order chi connectivity index (χ0) is 26.1. The first kappa shape index (κ1) is 25.1. The average molecular weight is 520 g/mol. The van der Waals surface area contributed by atoms with E-state index in [1.165, 1.54) is 0 Å². The largest absolute Gasteiger partial charge is 0.443 e. The molecule has 2 aromatic carbocycles. The number of aliphatic hydroxyl groups is 1. The molecule has 3 N–H and O–H groups in total. The molecular weight excluding hydrogens is 486 g/mol. The zero-order valence-electron chi connectivity index (χ0n) is 21.1. The van der Waals surface area contributed by atoms with Crippen LogP contribution in [-0.4, -0.2) is 72.8 Å². The molecule has 2 aromatic rings. The molecule has 1 spiro atoms. The second-order valence-electron chi connectivity index (χ2n) is 10.4. The fraction of sp³-hybridized carbons (Fsp3) is 0.448. The number of ether oxygens (including phenoxy) is 3. The number of alkyl carbamates (subject to hydrolysis) is 1. The maximum absolute atomic E-state index is 13.3. The molecule has 2 fully saturated rings. The minimum Gasteiger partial charge on any atom is -0.443 e. The van der Waals surface area contributed by atoms with Gasteiger partial charge in [0.15, 0.2) is 6.29 Å². The summed E-state index contributed by atoms with van der Waals surface area (Å²) in [6, 6.07) is 16.8. The van der Waals surface area contributed by atoms with Crippen LogP contribution < -0.4 is 10.6 Å². The number of fused-ring (bicyclic) bond motifs is 3. The minimum absolute atomic E-state index is 0.0270. The molecule has 0 bridgehead atoms. The van der Waals surface area contributed by atoms with Crippen LogP contribution >= 0.6 is 0 Å². The maximum atomic E-state index is 13.3. The fourth-order valence-electron chi connectivity index (χ4n) is 6.16. The quantitative estimate of drug-likeness (QED) is 0.483. The van der Waals surface area contributed by atoms with Gasteiger partial charge in [-0.1, -0.05) is 60.7 Å². The zero-order valence-corrected chi connectivity index (χ0v) is 21.1. The van der Waals surface area contributed by atoms with Gasteiger partial charge in [-0.25, -0.2) is 4.79 Å². The lowest BCUT2D eigenvalue weighted by molar-refractivity contribution is -0.129. The first-order valence-electron chi connectivity index (χ1n) is 13.3. The summed E-state index contributed by atoms with van der Waals surface area (Å²) in [6.07, 6.45) is 3.48. The van der Waals surface area contributed by atoms with Crippen molar-refractivity contribution in [3.63, 3.8) is 0 Å². The number of amides is 2. The first-order chi connectivity index (χ1) is 18.5. The number of nitrogens with one attached hydrogen (secondary N) is 2. The number of para-hydroxylation sites is 1. The number of hydrogen-bond donors (Lipinski definition) is 3. The predicted molar refractivity (Wildman–Crippen MR) is 139 cm³/mol. The van der Waals surface area contributed by atoms with Crippen molar-refractivity contribution in [3.8, 4) is 0 Å². The number of carbonyl (C=O) groups excluding carboxylic acids is 2. The normalized spacial score (nSPS) is 29.5. The number of rotatable bonds is 7. The van der Waals surface area contributed by atoms with E-state index in [9.17, 15) is 14.7 Å². The number of nitrogens with zero attached hydrogens (tertiary/aromatic N) is 1. The smallest absolute Gasteiger partial charge is 0.407 e. The fourth-order valence-corrected chi connectivity index (χ4v) is 6.16. The van der Waals surface area contributed by atoms with Crippen LogP contribution in [-0.2, 0) is 31.0 Å². The van der Waals surface area contributed by atoms with Gasteiger partial charge >= 0.3 is 6.09 Å². The number of carbonyl (C=O) groups is 2. The Balaban J connectivity index is 1.20. The molecule has 9 heteroatoms. The molecule has 0 radical (unpaired) electrons. The van der Waals surface area contributed by atoms with Crippen LogP contribution in [0, 0.1) is 5.92 Å². The molecule has 4 aliphatic heterocycles. The number of aliphatic hydroxyl groups excluding tert-OH is 1. The van der Waals surface area contributed by atoms with Crippen molar-refractivity contribution < 1.29 is 28.9 Å². The standard InChI is InChI=1S/C29H33N3O6/c33-24(17-32-14-7-6-13-29(32)21-10-4-5-11-22(21)30-27(29)34)23(16-19-8-2-1-3-9-19)31-28(35)38-25-18-37-26-20(25)12-15-36-26/h1-11,20,23-26,33H,12-18H2,(H,30,34)(H,31,35)/t20-,23-,24+,25-,26+,29?/m0/s1. The van der Waals surface area contributed by atoms with Crippen LogP contribution in [0.4, 0.5) is 10.5 Å². The number of anilines is 1. The van der Waals surface area contributed by atoms with E-state index in [0.717, 1.165) is 23.2 Å². The Morgan fingerprint density at radius 1 is 1.16 bits per heavy atom. The Bertz CT molecular complexity index is 1210. The van der Waals surface area contributed by atoms with Gasteiger partial charge in [0.1, 0.15) is 11.6 Å². The molecule has 4 heterocycles. The molecular formula is C29H33N3O6. The molecule has 0 aromatic heterocycles. The van der Waals surface area contributed by atoms with E-state index in [0.29, 0.717) is 32.6 Å². The Kier molecular flexibility index (Phi) is 6.92. The van der Waals surface area contributed by atoms with E-state index in [2.05, 4.69) is 10.6 Å². The SMILES string of the molecule is O=C(N[C@@H](Cc1ccccc1)[C@H](O)CN1CC=CCC12C(=O)Nc1ccccc12)O[C@H]1CO[C@H]2OCC[C@H]21. The summed E-state index contributed by atoms with van der Waals surface area (Å²) in [5.41, 5.74) is 1.77. The van der Waals surface area contributed by atoms with E-state index < -0.39 is 23.8 Å². The first-order valence-corrected chi connectivity index (χ1v) is 13.3. The van der Waals surface area contributed by atoms with Crippen molar-refractivity contribution in [2.75, 3.05) is 31.6 Å². The van der Waals surface area contributed by atoms with Crippen LogP contribution in [0.15, 0.2) is 66.7 Å². The molecule has 0 aliphatic carbocycles. The van der Waals surface area contributed by atoms with Crippen molar-refractivity contribution in [1.82, 2.24) is 10.2 Å². The van der Waals surface area contributed by atoms with E-state index in [-0.39, 0.29) is 30.8 Å². The van der Waals surface area contributed by atoms with E-state index in [1.54, 1.807) is 0 Å². The predicted octanol–water partition coefficient (Wildman–Crippen LogP) is 2.56. The van der Waals surface area contributed by atoms with Gasteiger partial charge in [0, 0.05) is 24.3 Å². The van der Waals surface area contributed by atoms with Gasteiger partial charge in [0.2, 0.25) is 5.91 Å². The highest BCUT2D eigenvalue weighted by Crippen LogP contribution is 2.44. The van der Waals surface area contributed by atoms with Crippen molar-refractivity contribution in [2.45, 2.75) is 49.3 Å². The van der Waals surface area contributed by atoms with Crippen molar-refractivity contribution in [3.05, 3.63) is 77.9 Å². The van der Waals surface area contributed by atoms with Crippen LogP contribution in [0.3, 0.4) is 0 Å². The molecule has 4 aliphatic rings. The van der Waals surface area contributed by atoms with Crippen molar-refractivity contribution in [2.24, 2.45) is 5.92 Å². The third-order valence-electron chi connectivity index (χ3n) is 8.16. The highest BCUT2D eigenvalue weighted by molar-refractivity contribution is 6.06. The average Bonchev–Trinajstić information content (AvgIpc) is 3.61. The summed E-state index contributed by atoms with van der Waals surface area (Å²) in [5.74, 6) is -0.0732. The van der Waals surface area contributed by atoms with Crippen LogP contribution in [0.25, 0.3) is 0 Å². The molecule has 2 saturated heterocycles. The Morgan fingerprint density at radius 2 is 1.97 bits per heavy atom. The molecule has 200 valence electrons. The van der Waals surface area contributed by atoms with Gasteiger partial charge in [0.05, 0.1) is 31.3 Å². The lowest BCUT2D eigenvalue weighted by atomic mass is 9.83. The van der Waals surface area contributed by atoms with Gasteiger partial charge < -0.3 is 30.0 Å². The number of hydrogen-bond acceptors (Lipinski definition) is 7. The van der Waals surface area contributed by atoms with Gasteiger partial charge in [-0.15, -0.1) is 0 Å².